The lowest BCUT2D eigenvalue weighted by Gasteiger charge is -1.85. The molecule has 0 aromatic carbocycles. The molecule has 0 saturated heterocycles. The summed E-state index contributed by atoms with van der Waals surface area (Å²) in [5.41, 5.74) is 0.575. The summed E-state index contributed by atoms with van der Waals surface area (Å²) in [5, 5.41) is -0.388. The van der Waals surface area contributed by atoms with Gasteiger partial charge in [0.25, 0.3) is 0 Å². The van der Waals surface area contributed by atoms with Crippen LogP contribution in [0.25, 0.3) is 0 Å². The van der Waals surface area contributed by atoms with Crippen LogP contribution in [0.15, 0.2) is 23.8 Å². The van der Waals surface area contributed by atoms with E-state index in [1.807, 2.05) is 19.1 Å². The lowest BCUT2D eigenvalue weighted by atomic mass is 10.3. The molecular formula is C8H11ClO. The molecule has 1 nitrogen and oxygen atoms in total. The molecule has 0 aromatic rings. The molecule has 0 aliphatic carbocycles. The third-order valence-corrected chi connectivity index (χ3v) is 1.33. The largest absolute Gasteiger partial charge is 0.276 e. The number of hydrogen-bond donors (Lipinski definition) is 0. The molecule has 0 aliphatic rings. The Balaban J connectivity index is 3.92. The molecule has 0 aromatic heterocycles. The topological polar surface area (TPSA) is 17.1 Å². The van der Waals surface area contributed by atoms with Crippen LogP contribution in [0.5, 0.6) is 0 Å². The highest BCUT2D eigenvalue weighted by atomic mass is 35.5. The average Bonchev–Trinajstić information content (AvgIpc) is 1.88. The molecule has 2 heteroatoms. The number of rotatable bonds is 3. The van der Waals surface area contributed by atoms with E-state index in [4.69, 9.17) is 11.6 Å². The van der Waals surface area contributed by atoms with E-state index in [1.165, 1.54) is 0 Å². The van der Waals surface area contributed by atoms with Gasteiger partial charge in [0, 0.05) is 5.57 Å². The minimum Gasteiger partial charge on any atom is -0.276 e. The van der Waals surface area contributed by atoms with Crippen LogP contribution in [0.2, 0.25) is 0 Å². The van der Waals surface area contributed by atoms with Crippen LogP contribution in [0.1, 0.15) is 20.3 Å². The van der Waals surface area contributed by atoms with Crippen LogP contribution < -0.4 is 0 Å². The summed E-state index contributed by atoms with van der Waals surface area (Å²) in [6.45, 7) is 3.72. The Morgan fingerprint density at radius 1 is 1.60 bits per heavy atom. The highest BCUT2D eigenvalue weighted by Crippen LogP contribution is 1.98. The zero-order valence-corrected chi connectivity index (χ0v) is 6.98. The maximum Gasteiger partial charge on any atom is 0.248 e. The van der Waals surface area contributed by atoms with Crippen molar-refractivity contribution < 1.29 is 4.79 Å². The van der Waals surface area contributed by atoms with E-state index in [0.717, 1.165) is 6.42 Å². The van der Waals surface area contributed by atoms with Gasteiger partial charge in [-0.2, -0.15) is 0 Å². The third kappa shape index (κ3) is 4.33. The van der Waals surface area contributed by atoms with Gasteiger partial charge in [-0.1, -0.05) is 25.2 Å². The fourth-order valence-electron chi connectivity index (χ4n) is 0.414. The van der Waals surface area contributed by atoms with Crippen molar-refractivity contribution in [1.29, 1.82) is 0 Å². The molecule has 0 spiro atoms. The smallest absolute Gasteiger partial charge is 0.248 e. The minimum absolute atomic E-state index is 0.388. The summed E-state index contributed by atoms with van der Waals surface area (Å²) >= 11 is 5.17. The first-order valence-electron chi connectivity index (χ1n) is 3.21. The van der Waals surface area contributed by atoms with Crippen molar-refractivity contribution in [1.82, 2.24) is 0 Å². The van der Waals surface area contributed by atoms with E-state index in [-0.39, 0.29) is 5.24 Å². The van der Waals surface area contributed by atoms with Crippen LogP contribution >= 0.6 is 11.6 Å². The Bertz CT molecular complexity index is 168. The number of halogens is 1. The zero-order valence-electron chi connectivity index (χ0n) is 6.23. The van der Waals surface area contributed by atoms with Gasteiger partial charge in [-0.3, -0.25) is 4.79 Å². The standard InChI is InChI=1S/C8H11ClO/c1-3-4-5-6-7(2)8(9)10/h4-6H,3H2,1-2H3. The molecular weight excluding hydrogens is 148 g/mol. The molecule has 0 atom stereocenters. The van der Waals surface area contributed by atoms with Gasteiger partial charge in [-0.15, -0.1) is 0 Å². The lowest BCUT2D eigenvalue weighted by molar-refractivity contribution is -0.108. The van der Waals surface area contributed by atoms with E-state index >= 15 is 0 Å². The molecule has 0 saturated carbocycles. The summed E-state index contributed by atoms with van der Waals surface area (Å²) < 4.78 is 0. The molecule has 0 amide bonds. The van der Waals surface area contributed by atoms with Gasteiger partial charge in [-0.25, -0.2) is 0 Å². The SMILES string of the molecule is CCC=CC=C(C)C(=O)Cl. The Morgan fingerprint density at radius 2 is 2.20 bits per heavy atom. The Labute approximate surface area is 66.4 Å². The summed E-state index contributed by atoms with van der Waals surface area (Å²) in [7, 11) is 0. The second kappa shape index (κ2) is 5.24. The monoisotopic (exact) mass is 158 g/mol. The van der Waals surface area contributed by atoms with Gasteiger partial charge in [-0.05, 0) is 24.9 Å². The first-order valence-corrected chi connectivity index (χ1v) is 3.59. The second-order valence-electron chi connectivity index (χ2n) is 1.96. The first-order chi connectivity index (χ1) is 4.68. The van der Waals surface area contributed by atoms with Crippen molar-refractivity contribution in [3.05, 3.63) is 23.8 Å². The highest BCUT2D eigenvalue weighted by molar-refractivity contribution is 6.67. The normalized spacial score (nSPS) is 12.5. The summed E-state index contributed by atoms with van der Waals surface area (Å²) in [5.74, 6) is 0. The van der Waals surface area contributed by atoms with Crippen molar-refractivity contribution in [3.8, 4) is 0 Å². The van der Waals surface area contributed by atoms with Gasteiger partial charge in [0.1, 0.15) is 0 Å². The van der Waals surface area contributed by atoms with E-state index in [0.29, 0.717) is 5.57 Å². The number of carbonyl (C=O) groups is 1. The van der Waals surface area contributed by atoms with Crippen LogP contribution in [0.3, 0.4) is 0 Å². The number of allylic oxidation sites excluding steroid dienone is 4. The second-order valence-corrected chi connectivity index (χ2v) is 2.30. The van der Waals surface area contributed by atoms with Gasteiger partial charge in [0.05, 0.1) is 0 Å². The Morgan fingerprint density at radius 3 is 2.60 bits per heavy atom. The predicted molar refractivity (Wildman–Crippen MR) is 44.0 cm³/mol. The highest BCUT2D eigenvalue weighted by Gasteiger charge is 1.94. The third-order valence-electron chi connectivity index (χ3n) is 1.03. The van der Waals surface area contributed by atoms with Gasteiger partial charge < -0.3 is 0 Å². The number of carbonyl (C=O) groups excluding carboxylic acids is 1. The quantitative estimate of drug-likeness (QED) is 0.351. The van der Waals surface area contributed by atoms with Crippen molar-refractivity contribution in [2.45, 2.75) is 20.3 Å². The predicted octanol–water partition coefficient (Wildman–Crippen LogP) is 2.66. The van der Waals surface area contributed by atoms with Crippen LogP contribution in [-0.4, -0.2) is 5.24 Å². The van der Waals surface area contributed by atoms with E-state index in [1.54, 1.807) is 13.0 Å². The lowest BCUT2D eigenvalue weighted by Crippen LogP contribution is -1.85. The van der Waals surface area contributed by atoms with E-state index < -0.39 is 0 Å². The summed E-state index contributed by atoms with van der Waals surface area (Å²) in [6, 6.07) is 0. The van der Waals surface area contributed by atoms with Gasteiger partial charge in [0.15, 0.2) is 0 Å². The molecule has 10 heavy (non-hydrogen) atoms. The maximum atomic E-state index is 10.4. The van der Waals surface area contributed by atoms with Crippen molar-refractivity contribution in [2.24, 2.45) is 0 Å². The van der Waals surface area contributed by atoms with Crippen molar-refractivity contribution >= 4 is 16.8 Å². The Kier molecular flexibility index (Phi) is 4.95. The fraction of sp³-hybridized carbons (Fsp3) is 0.375. The van der Waals surface area contributed by atoms with Crippen LogP contribution in [0, 0.1) is 0 Å². The maximum absolute atomic E-state index is 10.4. The van der Waals surface area contributed by atoms with Gasteiger partial charge >= 0.3 is 0 Å². The van der Waals surface area contributed by atoms with Crippen LogP contribution in [0.4, 0.5) is 0 Å². The molecule has 56 valence electrons. The first kappa shape index (κ1) is 9.44. The molecule has 0 bridgehead atoms. The zero-order chi connectivity index (χ0) is 7.98. The van der Waals surface area contributed by atoms with Crippen molar-refractivity contribution in [3.63, 3.8) is 0 Å². The average molecular weight is 159 g/mol. The van der Waals surface area contributed by atoms with E-state index in [9.17, 15) is 4.79 Å². The molecule has 0 N–H and O–H groups in total. The molecule has 0 fully saturated rings. The minimum atomic E-state index is -0.388. The van der Waals surface area contributed by atoms with Gasteiger partial charge in [0.2, 0.25) is 5.24 Å². The molecule has 0 aliphatic heterocycles. The summed E-state index contributed by atoms with van der Waals surface area (Å²) in [4.78, 5) is 10.4. The fourth-order valence-corrected chi connectivity index (χ4v) is 0.477. The molecule has 0 unspecified atom stereocenters. The Hall–Kier alpha value is -0.560. The van der Waals surface area contributed by atoms with Crippen molar-refractivity contribution in [2.75, 3.05) is 0 Å². The molecule has 0 heterocycles. The van der Waals surface area contributed by atoms with Crippen LogP contribution in [-0.2, 0) is 4.79 Å². The number of hydrogen-bond acceptors (Lipinski definition) is 1. The molecule has 0 rings (SSSR count). The summed E-state index contributed by atoms with van der Waals surface area (Å²) in [6.07, 6.45) is 6.47. The van der Waals surface area contributed by atoms with E-state index in [2.05, 4.69) is 0 Å². The molecule has 0 radical (unpaired) electrons.